The zero-order valence-corrected chi connectivity index (χ0v) is 9.45. The minimum atomic E-state index is 0.140. The number of nitrogens with zero attached hydrogens (tertiary/aromatic N) is 2. The Hall–Kier alpha value is -1.29. The number of likely N-dealkylation sites (N-methyl/N-ethyl adjacent to an activating group) is 1. The van der Waals surface area contributed by atoms with Gasteiger partial charge in [0.15, 0.2) is 0 Å². The first kappa shape index (κ1) is 10.2. The van der Waals surface area contributed by atoms with E-state index in [1.165, 1.54) is 11.3 Å². The molecule has 0 bridgehead atoms. The van der Waals surface area contributed by atoms with E-state index in [1.54, 1.807) is 0 Å². The van der Waals surface area contributed by atoms with Crippen LogP contribution in [0.2, 0.25) is 0 Å². The highest BCUT2D eigenvalue weighted by molar-refractivity contribution is 5.28. The van der Waals surface area contributed by atoms with Crippen LogP contribution < -0.4 is 5.32 Å². The maximum Gasteiger partial charge on any atom is 0.114 e. The van der Waals surface area contributed by atoms with Crippen molar-refractivity contribution in [1.82, 2.24) is 15.1 Å². The van der Waals surface area contributed by atoms with E-state index in [4.69, 9.17) is 4.74 Å². The molecular weight excluding hydrogens is 190 g/mol. The summed E-state index contributed by atoms with van der Waals surface area (Å²) < 4.78 is 7.47. The van der Waals surface area contributed by atoms with E-state index in [2.05, 4.69) is 23.4 Å². The van der Waals surface area contributed by atoms with Crippen molar-refractivity contribution < 1.29 is 4.74 Å². The van der Waals surface area contributed by atoms with Crippen molar-refractivity contribution in [3.05, 3.63) is 29.3 Å². The van der Waals surface area contributed by atoms with Crippen LogP contribution >= 0.6 is 0 Å². The molecule has 0 aromatic carbocycles. The first-order valence-corrected chi connectivity index (χ1v) is 5.22. The smallest absolute Gasteiger partial charge is 0.114 e. The standard InChI is InChI=1S/C11H17N3O/c1-8-9(7-13-14(8)3)11(12-2)10-5-4-6-15-10/h5,7,11-12H,4,6H2,1-3H3. The van der Waals surface area contributed by atoms with E-state index in [1.807, 2.05) is 25.0 Å². The van der Waals surface area contributed by atoms with E-state index in [9.17, 15) is 0 Å². The average molecular weight is 207 g/mol. The van der Waals surface area contributed by atoms with Crippen LogP contribution in [-0.2, 0) is 11.8 Å². The lowest BCUT2D eigenvalue weighted by Crippen LogP contribution is -2.19. The molecule has 0 spiro atoms. The molecule has 0 fully saturated rings. The van der Waals surface area contributed by atoms with Gasteiger partial charge in [-0.3, -0.25) is 4.68 Å². The van der Waals surface area contributed by atoms with Crippen LogP contribution in [0.1, 0.15) is 23.7 Å². The molecule has 0 amide bonds. The summed E-state index contributed by atoms with van der Waals surface area (Å²) in [7, 11) is 3.90. The predicted octanol–water partition coefficient (Wildman–Crippen LogP) is 1.29. The van der Waals surface area contributed by atoms with Gasteiger partial charge in [0.25, 0.3) is 0 Å². The monoisotopic (exact) mass is 207 g/mol. The van der Waals surface area contributed by atoms with Crippen molar-refractivity contribution in [2.75, 3.05) is 13.7 Å². The number of ether oxygens (including phenoxy) is 1. The van der Waals surface area contributed by atoms with Gasteiger partial charge in [0.1, 0.15) is 5.76 Å². The Morgan fingerprint density at radius 3 is 2.87 bits per heavy atom. The van der Waals surface area contributed by atoms with Crippen LogP contribution in [0.15, 0.2) is 18.0 Å². The van der Waals surface area contributed by atoms with Crippen LogP contribution in [0.4, 0.5) is 0 Å². The summed E-state index contributed by atoms with van der Waals surface area (Å²) >= 11 is 0. The fraction of sp³-hybridized carbons (Fsp3) is 0.545. The summed E-state index contributed by atoms with van der Waals surface area (Å²) in [6.07, 6.45) is 5.06. The van der Waals surface area contributed by atoms with Crippen LogP contribution in [-0.4, -0.2) is 23.4 Å². The predicted molar refractivity (Wildman–Crippen MR) is 58.4 cm³/mol. The Labute approximate surface area is 89.9 Å². The minimum Gasteiger partial charge on any atom is -0.496 e. The summed E-state index contributed by atoms with van der Waals surface area (Å²) in [4.78, 5) is 0. The highest BCUT2D eigenvalue weighted by atomic mass is 16.5. The van der Waals surface area contributed by atoms with Gasteiger partial charge >= 0.3 is 0 Å². The Kier molecular flexibility index (Phi) is 2.77. The number of aryl methyl sites for hydroxylation is 1. The quantitative estimate of drug-likeness (QED) is 0.812. The van der Waals surface area contributed by atoms with Gasteiger partial charge in [-0.05, 0) is 20.0 Å². The number of nitrogens with one attached hydrogen (secondary N) is 1. The molecule has 82 valence electrons. The van der Waals surface area contributed by atoms with E-state index in [-0.39, 0.29) is 6.04 Å². The average Bonchev–Trinajstić information content (AvgIpc) is 2.84. The first-order chi connectivity index (χ1) is 7.24. The molecule has 1 aliphatic heterocycles. The van der Waals surface area contributed by atoms with Crippen molar-refractivity contribution in [1.29, 1.82) is 0 Å². The van der Waals surface area contributed by atoms with Crippen LogP contribution in [0, 0.1) is 6.92 Å². The summed E-state index contributed by atoms with van der Waals surface area (Å²) in [6, 6.07) is 0.140. The number of hydrogen-bond acceptors (Lipinski definition) is 3. The van der Waals surface area contributed by atoms with Crippen molar-refractivity contribution in [2.45, 2.75) is 19.4 Å². The number of aromatic nitrogens is 2. The van der Waals surface area contributed by atoms with Gasteiger partial charge < -0.3 is 10.1 Å². The molecule has 4 heteroatoms. The molecule has 0 saturated heterocycles. The second kappa shape index (κ2) is 4.06. The molecule has 1 aromatic heterocycles. The lowest BCUT2D eigenvalue weighted by Gasteiger charge is -2.17. The second-order valence-corrected chi connectivity index (χ2v) is 3.77. The third kappa shape index (κ3) is 1.77. The molecule has 4 nitrogen and oxygen atoms in total. The first-order valence-electron chi connectivity index (χ1n) is 5.22. The minimum absolute atomic E-state index is 0.140. The Bertz CT molecular complexity index is 381. The molecule has 0 radical (unpaired) electrons. The fourth-order valence-corrected chi connectivity index (χ4v) is 1.89. The molecule has 15 heavy (non-hydrogen) atoms. The molecule has 1 aromatic rings. The summed E-state index contributed by atoms with van der Waals surface area (Å²) in [5, 5.41) is 7.52. The molecular formula is C11H17N3O. The molecule has 0 saturated carbocycles. The van der Waals surface area contributed by atoms with E-state index >= 15 is 0 Å². The molecule has 0 aliphatic carbocycles. The van der Waals surface area contributed by atoms with E-state index in [0.29, 0.717) is 0 Å². The lowest BCUT2D eigenvalue weighted by molar-refractivity contribution is 0.218. The van der Waals surface area contributed by atoms with E-state index < -0.39 is 0 Å². The van der Waals surface area contributed by atoms with Gasteiger partial charge in [0.2, 0.25) is 0 Å². The summed E-state index contributed by atoms with van der Waals surface area (Å²) in [5.41, 5.74) is 2.36. The normalized spacial score (nSPS) is 17.4. The van der Waals surface area contributed by atoms with Crippen LogP contribution in [0.5, 0.6) is 0 Å². The maximum absolute atomic E-state index is 5.59. The van der Waals surface area contributed by atoms with Gasteiger partial charge in [-0.1, -0.05) is 0 Å². The van der Waals surface area contributed by atoms with Crippen molar-refractivity contribution >= 4 is 0 Å². The Morgan fingerprint density at radius 2 is 2.40 bits per heavy atom. The van der Waals surface area contributed by atoms with Gasteiger partial charge in [0, 0.05) is 24.7 Å². The molecule has 2 rings (SSSR count). The topological polar surface area (TPSA) is 39.1 Å². The van der Waals surface area contributed by atoms with Crippen molar-refractivity contribution in [3.8, 4) is 0 Å². The zero-order valence-electron chi connectivity index (χ0n) is 9.45. The third-order valence-electron chi connectivity index (χ3n) is 2.89. The van der Waals surface area contributed by atoms with Gasteiger partial charge in [-0.2, -0.15) is 5.10 Å². The molecule has 2 heterocycles. The molecule has 1 unspecified atom stereocenters. The maximum atomic E-state index is 5.59. The van der Waals surface area contributed by atoms with E-state index in [0.717, 1.165) is 18.8 Å². The van der Waals surface area contributed by atoms with Crippen LogP contribution in [0.25, 0.3) is 0 Å². The fourth-order valence-electron chi connectivity index (χ4n) is 1.89. The number of rotatable bonds is 3. The third-order valence-corrected chi connectivity index (χ3v) is 2.89. The van der Waals surface area contributed by atoms with Gasteiger partial charge in [-0.25, -0.2) is 0 Å². The van der Waals surface area contributed by atoms with Crippen molar-refractivity contribution in [3.63, 3.8) is 0 Å². The second-order valence-electron chi connectivity index (χ2n) is 3.77. The zero-order chi connectivity index (χ0) is 10.8. The van der Waals surface area contributed by atoms with Crippen LogP contribution in [0.3, 0.4) is 0 Å². The lowest BCUT2D eigenvalue weighted by atomic mass is 10.1. The molecule has 1 atom stereocenters. The number of hydrogen-bond donors (Lipinski definition) is 1. The highest BCUT2D eigenvalue weighted by Gasteiger charge is 2.22. The molecule has 1 N–H and O–H groups in total. The molecule has 1 aliphatic rings. The van der Waals surface area contributed by atoms with Gasteiger partial charge in [0.05, 0.1) is 18.8 Å². The summed E-state index contributed by atoms with van der Waals surface area (Å²) in [6.45, 7) is 2.87. The SMILES string of the molecule is CNC(C1=CCCO1)c1cnn(C)c1C. The Balaban J connectivity index is 2.30. The largest absolute Gasteiger partial charge is 0.496 e. The highest BCUT2D eigenvalue weighted by Crippen LogP contribution is 2.27. The Morgan fingerprint density at radius 1 is 1.60 bits per heavy atom. The van der Waals surface area contributed by atoms with Crippen molar-refractivity contribution in [2.24, 2.45) is 7.05 Å². The van der Waals surface area contributed by atoms with Gasteiger partial charge in [-0.15, -0.1) is 0 Å². The summed E-state index contributed by atoms with van der Waals surface area (Å²) in [5.74, 6) is 1.02.